The fourth-order valence-corrected chi connectivity index (χ4v) is 1.24. The van der Waals surface area contributed by atoms with E-state index in [9.17, 15) is 9.18 Å². The van der Waals surface area contributed by atoms with Crippen molar-refractivity contribution in [3.05, 3.63) is 34.1 Å². The molecule has 0 spiro atoms. The molecule has 1 rings (SSSR count). The number of carbonyl (C=O) groups is 1. The van der Waals surface area contributed by atoms with E-state index in [4.69, 9.17) is 11.6 Å². The zero-order valence-electron chi connectivity index (χ0n) is 6.82. The number of carbonyl (C=O) groups excluding carboxylic acids is 1. The lowest BCUT2D eigenvalue weighted by Crippen LogP contribution is -2.00. The molecule has 0 unspecified atom stereocenters. The quantitative estimate of drug-likeness (QED) is 0.617. The summed E-state index contributed by atoms with van der Waals surface area (Å²) in [5.41, 5.74) is 0.590. The number of benzene rings is 1. The van der Waals surface area contributed by atoms with Crippen molar-refractivity contribution in [3.8, 4) is 0 Å². The average Bonchev–Trinajstić information content (AvgIpc) is 1.97. The maximum Gasteiger partial charge on any atom is 0.163 e. The first-order valence-corrected chi connectivity index (χ1v) is 3.87. The first-order chi connectivity index (χ1) is 5.54. The van der Waals surface area contributed by atoms with Crippen LogP contribution in [0.3, 0.4) is 0 Å². The third-order valence-corrected chi connectivity index (χ3v) is 2.11. The second-order valence-corrected chi connectivity index (χ2v) is 2.99. The fraction of sp³-hybridized carbons (Fsp3) is 0.222. The van der Waals surface area contributed by atoms with Crippen LogP contribution in [0.4, 0.5) is 4.39 Å². The Kier molecular flexibility index (Phi) is 2.48. The number of hydrogen-bond acceptors (Lipinski definition) is 1. The lowest BCUT2D eigenvalue weighted by molar-refractivity contribution is 0.101. The van der Waals surface area contributed by atoms with Crippen molar-refractivity contribution in [3.63, 3.8) is 0 Å². The summed E-state index contributed by atoms with van der Waals surface area (Å²) in [5, 5.41) is 0.418. The largest absolute Gasteiger partial charge is 0.294 e. The van der Waals surface area contributed by atoms with Crippen LogP contribution in [0.2, 0.25) is 5.02 Å². The van der Waals surface area contributed by atoms with E-state index in [0.29, 0.717) is 10.6 Å². The van der Waals surface area contributed by atoms with Gasteiger partial charge in [-0.2, -0.15) is 0 Å². The molecule has 0 atom stereocenters. The molecule has 1 aromatic rings. The Hall–Kier alpha value is -0.890. The van der Waals surface area contributed by atoms with Crippen molar-refractivity contribution in [2.24, 2.45) is 0 Å². The average molecular weight is 187 g/mol. The molecular weight excluding hydrogens is 179 g/mol. The van der Waals surface area contributed by atoms with Gasteiger partial charge in [-0.3, -0.25) is 4.79 Å². The van der Waals surface area contributed by atoms with Gasteiger partial charge in [0, 0.05) is 5.02 Å². The molecule has 0 fully saturated rings. The van der Waals surface area contributed by atoms with Crippen molar-refractivity contribution in [2.45, 2.75) is 13.8 Å². The molecule has 0 aliphatic carbocycles. The van der Waals surface area contributed by atoms with Gasteiger partial charge in [-0.1, -0.05) is 11.6 Å². The van der Waals surface area contributed by atoms with E-state index in [-0.39, 0.29) is 11.3 Å². The highest BCUT2D eigenvalue weighted by Gasteiger charge is 2.12. The van der Waals surface area contributed by atoms with Gasteiger partial charge in [0.15, 0.2) is 5.78 Å². The van der Waals surface area contributed by atoms with Gasteiger partial charge in [0.05, 0.1) is 5.56 Å². The second-order valence-electron chi connectivity index (χ2n) is 2.59. The minimum Gasteiger partial charge on any atom is -0.294 e. The van der Waals surface area contributed by atoms with Crippen LogP contribution in [0.15, 0.2) is 12.1 Å². The van der Waals surface area contributed by atoms with E-state index < -0.39 is 5.82 Å². The molecule has 0 saturated heterocycles. The molecule has 0 radical (unpaired) electrons. The van der Waals surface area contributed by atoms with Gasteiger partial charge < -0.3 is 0 Å². The summed E-state index contributed by atoms with van der Waals surface area (Å²) in [6, 6.07) is 2.64. The summed E-state index contributed by atoms with van der Waals surface area (Å²) in [6.45, 7) is 2.95. The van der Waals surface area contributed by atoms with Gasteiger partial charge >= 0.3 is 0 Å². The van der Waals surface area contributed by atoms with E-state index in [1.54, 1.807) is 6.92 Å². The number of Topliss-reactive ketones (excluding diaryl/α,β-unsaturated/α-hetero) is 1. The molecule has 0 N–H and O–H groups in total. The summed E-state index contributed by atoms with van der Waals surface area (Å²) >= 11 is 5.71. The highest BCUT2D eigenvalue weighted by atomic mass is 35.5. The van der Waals surface area contributed by atoms with E-state index in [2.05, 4.69) is 0 Å². The summed E-state index contributed by atoms with van der Waals surface area (Å²) in [6.07, 6.45) is 0. The van der Waals surface area contributed by atoms with Gasteiger partial charge in [0.25, 0.3) is 0 Å². The molecule has 12 heavy (non-hydrogen) atoms. The highest BCUT2D eigenvalue weighted by Crippen LogP contribution is 2.21. The predicted molar refractivity (Wildman–Crippen MR) is 46.2 cm³/mol. The predicted octanol–water partition coefficient (Wildman–Crippen LogP) is 2.99. The Morgan fingerprint density at radius 3 is 2.50 bits per heavy atom. The minimum absolute atomic E-state index is 0.0856. The maximum absolute atomic E-state index is 13.0. The van der Waals surface area contributed by atoms with Crippen LogP contribution in [0.25, 0.3) is 0 Å². The van der Waals surface area contributed by atoms with Crippen LogP contribution in [0, 0.1) is 12.7 Å². The van der Waals surface area contributed by atoms with Gasteiger partial charge in [0.1, 0.15) is 5.82 Å². The Morgan fingerprint density at radius 1 is 1.50 bits per heavy atom. The second kappa shape index (κ2) is 3.23. The van der Waals surface area contributed by atoms with Gasteiger partial charge in [-0.25, -0.2) is 4.39 Å². The van der Waals surface area contributed by atoms with E-state index >= 15 is 0 Å². The lowest BCUT2D eigenvalue weighted by atomic mass is 10.1. The molecule has 0 aromatic heterocycles. The Bertz CT molecular complexity index is 334. The number of rotatable bonds is 1. The number of ketones is 1. The van der Waals surface area contributed by atoms with Gasteiger partial charge in [-0.15, -0.1) is 0 Å². The molecule has 0 amide bonds. The number of halogens is 2. The van der Waals surface area contributed by atoms with Crippen molar-refractivity contribution >= 4 is 17.4 Å². The lowest BCUT2D eigenvalue weighted by Gasteiger charge is -2.04. The number of hydrogen-bond donors (Lipinski definition) is 0. The minimum atomic E-state index is -0.510. The normalized spacial score (nSPS) is 10.0. The first kappa shape index (κ1) is 9.20. The zero-order valence-corrected chi connectivity index (χ0v) is 7.57. The van der Waals surface area contributed by atoms with Gasteiger partial charge in [-0.05, 0) is 31.5 Å². The third-order valence-electron chi connectivity index (χ3n) is 1.70. The van der Waals surface area contributed by atoms with Crippen molar-refractivity contribution in [1.29, 1.82) is 0 Å². The fourth-order valence-electron chi connectivity index (χ4n) is 1.09. The topological polar surface area (TPSA) is 17.1 Å². The van der Waals surface area contributed by atoms with Gasteiger partial charge in [0.2, 0.25) is 0 Å². The molecular formula is C9H8ClFO. The van der Waals surface area contributed by atoms with Crippen molar-refractivity contribution in [1.82, 2.24) is 0 Å². The standard InChI is InChI=1S/C9H8ClFO/c1-5-7(10)3-4-8(11)9(5)6(2)12/h3-4H,1-2H3. The Balaban J connectivity index is 3.43. The van der Waals surface area contributed by atoms with Crippen LogP contribution in [0.1, 0.15) is 22.8 Å². The molecule has 1 nitrogen and oxygen atoms in total. The maximum atomic E-state index is 13.0. The molecule has 1 aromatic carbocycles. The van der Waals surface area contributed by atoms with Crippen LogP contribution in [0.5, 0.6) is 0 Å². The molecule has 0 bridgehead atoms. The monoisotopic (exact) mass is 186 g/mol. The summed E-state index contributed by atoms with van der Waals surface area (Å²) in [7, 11) is 0. The zero-order chi connectivity index (χ0) is 9.30. The molecule has 0 aliphatic heterocycles. The van der Waals surface area contributed by atoms with Crippen LogP contribution in [-0.2, 0) is 0 Å². The smallest absolute Gasteiger partial charge is 0.163 e. The summed E-state index contributed by atoms with van der Waals surface area (Å²) in [5.74, 6) is -0.808. The summed E-state index contributed by atoms with van der Waals surface area (Å²) in [4.78, 5) is 10.9. The van der Waals surface area contributed by atoms with Crippen LogP contribution >= 0.6 is 11.6 Å². The van der Waals surface area contributed by atoms with Crippen molar-refractivity contribution < 1.29 is 9.18 Å². The molecule has 64 valence electrons. The Labute approximate surface area is 75.2 Å². The van der Waals surface area contributed by atoms with E-state index in [1.165, 1.54) is 19.1 Å². The molecule has 0 saturated carbocycles. The molecule has 0 heterocycles. The van der Waals surface area contributed by atoms with Crippen LogP contribution < -0.4 is 0 Å². The SMILES string of the molecule is CC(=O)c1c(F)ccc(Cl)c1C. The molecule has 3 heteroatoms. The molecule has 0 aliphatic rings. The first-order valence-electron chi connectivity index (χ1n) is 3.49. The van der Waals surface area contributed by atoms with Crippen LogP contribution in [-0.4, -0.2) is 5.78 Å². The van der Waals surface area contributed by atoms with E-state index in [1.807, 2.05) is 0 Å². The summed E-state index contributed by atoms with van der Waals surface area (Å²) < 4.78 is 13.0. The van der Waals surface area contributed by atoms with E-state index in [0.717, 1.165) is 0 Å². The van der Waals surface area contributed by atoms with Crippen molar-refractivity contribution in [2.75, 3.05) is 0 Å². The third kappa shape index (κ3) is 1.48. The Morgan fingerprint density at radius 2 is 2.08 bits per heavy atom. The highest BCUT2D eigenvalue weighted by molar-refractivity contribution is 6.31.